The van der Waals surface area contributed by atoms with Crippen LogP contribution in [0.25, 0.3) is 0 Å². The van der Waals surface area contributed by atoms with Crippen molar-refractivity contribution in [2.75, 3.05) is 31.5 Å². The monoisotopic (exact) mass is 364 g/mol. The van der Waals surface area contributed by atoms with Gasteiger partial charge in [-0.25, -0.2) is 0 Å². The predicted octanol–water partition coefficient (Wildman–Crippen LogP) is 4.76. The fraction of sp³-hybridized carbons (Fsp3) is 0.600. The summed E-state index contributed by atoms with van der Waals surface area (Å²) in [6.07, 6.45) is 0.782. The van der Waals surface area contributed by atoms with Crippen molar-refractivity contribution in [1.82, 2.24) is 4.90 Å². The van der Waals surface area contributed by atoms with Gasteiger partial charge in [0.1, 0.15) is 0 Å². The lowest BCUT2D eigenvalue weighted by Crippen LogP contribution is -2.30. The highest BCUT2D eigenvalue weighted by atomic mass is 79.9. The summed E-state index contributed by atoms with van der Waals surface area (Å²) in [5.74, 6) is 0. The van der Waals surface area contributed by atoms with Gasteiger partial charge >= 0.3 is 6.18 Å². The van der Waals surface area contributed by atoms with E-state index in [1.807, 2.05) is 0 Å². The molecule has 0 unspecified atom stereocenters. The second kappa shape index (κ2) is 7.49. The molecule has 0 atom stereocenters. The van der Waals surface area contributed by atoms with Crippen LogP contribution in [0.1, 0.15) is 31.2 Å². The van der Waals surface area contributed by atoms with Crippen molar-refractivity contribution < 1.29 is 13.2 Å². The van der Waals surface area contributed by atoms with E-state index in [1.54, 1.807) is 0 Å². The molecule has 0 spiro atoms. The third-order valence-electron chi connectivity index (χ3n) is 3.74. The van der Waals surface area contributed by atoms with Gasteiger partial charge < -0.3 is 10.2 Å². The number of alkyl halides is 3. The lowest BCUT2D eigenvalue weighted by Gasteiger charge is -2.20. The average Bonchev–Trinajstić information content (AvgIpc) is 2.68. The highest BCUT2D eigenvalue weighted by Crippen LogP contribution is 2.33. The van der Waals surface area contributed by atoms with E-state index in [9.17, 15) is 13.2 Å². The fourth-order valence-electron chi connectivity index (χ4n) is 2.54. The molecule has 2 rings (SSSR count). The Morgan fingerprint density at radius 3 is 2.33 bits per heavy atom. The smallest absolute Gasteiger partial charge is 0.383 e. The van der Waals surface area contributed by atoms with Crippen LogP contribution in [0.2, 0.25) is 0 Å². The van der Waals surface area contributed by atoms with Crippen LogP contribution in [-0.2, 0) is 6.18 Å². The SMILES string of the molecule is FC(F)(F)c1ccc(NCCN2CCCCCC2)c(Br)c1. The number of anilines is 1. The topological polar surface area (TPSA) is 15.3 Å². The van der Waals surface area contributed by atoms with Crippen molar-refractivity contribution >= 4 is 21.6 Å². The molecular weight excluding hydrogens is 345 g/mol. The van der Waals surface area contributed by atoms with Crippen molar-refractivity contribution in [3.63, 3.8) is 0 Å². The molecule has 21 heavy (non-hydrogen) atoms. The van der Waals surface area contributed by atoms with Crippen LogP contribution in [-0.4, -0.2) is 31.1 Å². The summed E-state index contributed by atoms with van der Waals surface area (Å²) in [6, 6.07) is 3.71. The maximum Gasteiger partial charge on any atom is 0.416 e. The highest BCUT2D eigenvalue weighted by molar-refractivity contribution is 9.10. The van der Waals surface area contributed by atoms with Gasteiger partial charge in [0.15, 0.2) is 0 Å². The van der Waals surface area contributed by atoms with Gasteiger partial charge in [-0.2, -0.15) is 13.2 Å². The molecule has 0 aliphatic carbocycles. The van der Waals surface area contributed by atoms with Crippen molar-refractivity contribution in [1.29, 1.82) is 0 Å². The summed E-state index contributed by atoms with van der Waals surface area (Å²) in [7, 11) is 0. The Labute approximate surface area is 131 Å². The Bertz CT molecular complexity index is 455. The summed E-state index contributed by atoms with van der Waals surface area (Å²) in [5, 5.41) is 3.20. The number of hydrogen-bond acceptors (Lipinski definition) is 2. The maximum absolute atomic E-state index is 12.6. The van der Waals surface area contributed by atoms with E-state index < -0.39 is 11.7 Å². The number of hydrogen-bond donors (Lipinski definition) is 1. The Morgan fingerprint density at radius 1 is 1.10 bits per heavy atom. The zero-order chi connectivity index (χ0) is 15.3. The first-order valence-corrected chi connectivity index (χ1v) is 8.09. The molecule has 6 heteroatoms. The number of nitrogens with zero attached hydrogens (tertiary/aromatic N) is 1. The van der Waals surface area contributed by atoms with Crippen LogP contribution in [0, 0.1) is 0 Å². The molecule has 1 saturated heterocycles. The van der Waals surface area contributed by atoms with Crippen molar-refractivity contribution in [3.05, 3.63) is 28.2 Å². The number of likely N-dealkylation sites (tertiary alicyclic amines) is 1. The molecule has 0 saturated carbocycles. The van der Waals surface area contributed by atoms with Gasteiger partial charge in [-0.3, -0.25) is 0 Å². The van der Waals surface area contributed by atoms with E-state index >= 15 is 0 Å². The summed E-state index contributed by atoms with van der Waals surface area (Å²) < 4.78 is 38.2. The Hall–Kier alpha value is -0.750. The zero-order valence-electron chi connectivity index (χ0n) is 11.8. The van der Waals surface area contributed by atoms with E-state index in [2.05, 4.69) is 26.1 Å². The van der Waals surface area contributed by atoms with Crippen LogP contribution in [0.3, 0.4) is 0 Å². The molecule has 1 aliphatic rings. The van der Waals surface area contributed by atoms with Crippen molar-refractivity contribution in [2.45, 2.75) is 31.9 Å². The Kier molecular flexibility index (Phi) is 5.93. The normalized spacial score (nSPS) is 17.5. The molecule has 0 bridgehead atoms. The minimum atomic E-state index is -4.30. The first kappa shape index (κ1) is 16.6. The number of rotatable bonds is 4. The highest BCUT2D eigenvalue weighted by Gasteiger charge is 2.30. The quantitative estimate of drug-likeness (QED) is 0.828. The lowest BCUT2D eigenvalue weighted by atomic mass is 10.2. The second-order valence-electron chi connectivity index (χ2n) is 5.38. The van der Waals surface area contributed by atoms with Gasteiger partial charge in [0.2, 0.25) is 0 Å². The minimum Gasteiger partial charge on any atom is -0.383 e. The van der Waals surface area contributed by atoms with E-state index in [1.165, 1.54) is 31.7 Å². The molecule has 1 aromatic carbocycles. The third kappa shape index (κ3) is 5.18. The van der Waals surface area contributed by atoms with E-state index in [4.69, 9.17) is 0 Å². The molecule has 2 nitrogen and oxygen atoms in total. The Balaban J connectivity index is 1.85. The number of benzene rings is 1. The summed E-state index contributed by atoms with van der Waals surface area (Å²) in [4.78, 5) is 2.41. The second-order valence-corrected chi connectivity index (χ2v) is 6.23. The van der Waals surface area contributed by atoms with Crippen LogP contribution in [0.15, 0.2) is 22.7 Å². The molecule has 1 heterocycles. The third-order valence-corrected chi connectivity index (χ3v) is 4.39. The summed E-state index contributed by atoms with van der Waals surface area (Å²) >= 11 is 3.20. The van der Waals surface area contributed by atoms with Crippen LogP contribution in [0.5, 0.6) is 0 Å². The largest absolute Gasteiger partial charge is 0.416 e. The van der Waals surface area contributed by atoms with E-state index in [-0.39, 0.29) is 0 Å². The van der Waals surface area contributed by atoms with E-state index in [0.717, 1.165) is 38.3 Å². The average molecular weight is 365 g/mol. The predicted molar refractivity (Wildman–Crippen MR) is 82.5 cm³/mol. The first-order valence-electron chi connectivity index (χ1n) is 7.30. The van der Waals surface area contributed by atoms with Crippen LogP contribution >= 0.6 is 15.9 Å². The molecule has 0 radical (unpaired) electrons. The zero-order valence-corrected chi connectivity index (χ0v) is 13.4. The van der Waals surface area contributed by atoms with Gasteiger partial charge in [-0.1, -0.05) is 12.8 Å². The molecule has 0 amide bonds. The summed E-state index contributed by atoms with van der Waals surface area (Å²) in [5.41, 5.74) is 0.0743. The Morgan fingerprint density at radius 2 is 1.76 bits per heavy atom. The molecule has 1 aliphatic heterocycles. The minimum absolute atomic E-state index is 0.452. The van der Waals surface area contributed by atoms with Crippen LogP contribution in [0.4, 0.5) is 18.9 Å². The van der Waals surface area contributed by atoms with Crippen molar-refractivity contribution in [3.8, 4) is 0 Å². The number of halogens is 4. The molecule has 1 aromatic rings. The van der Waals surface area contributed by atoms with Gasteiger partial charge in [-0.15, -0.1) is 0 Å². The molecule has 1 fully saturated rings. The fourth-order valence-corrected chi connectivity index (χ4v) is 3.06. The van der Waals surface area contributed by atoms with E-state index in [0.29, 0.717) is 10.2 Å². The van der Waals surface area contributed by atoms with Crippen molar-refractivity contribution in [2.24, 2.45) is 0 Å². The maximum atomic E-state index is 12.6. The molecule has 118 valence electrons. The van der Waals surface area contributed by atoms with Crippen LogP contribution < -0.4 is 5.32 Å². The van der Waals surface area contributed by atoms with Gasteiger partial charge in [-0.05, 0) is 60.1 Å². The number of nitrogens with one attached hydrogen (secondary N) is 1. The van der Waals surface area contributed by atoms with Gasteiger partial charge in [0.05, 0.1) is 5.56 Å². The van der Waals surface area contributed by atoms with Gasteiger partial charge in [0.25, 0.3) is 0 Å². The first-order chi connectivity index (χ1) is 9.97. The lowest BCUT2D eigenvalue weighted by molar-refractivity contribution is -0.137. The molecular formula is C15H20BrF3N2. The molecule has 1 N–H and O–H groups in total. The standard InChI is InChI=1S/C15H20BrF3N2/c16-13-11-12(15(17,18)19)5-6-14(13)20-7-10-21-8-3-1-2-4-9-21/h5-6,11,20H,1-4,7-10H2. The molecule has 0 aromatic heterocycles. The van der Waals surface area contributed by atoms with Gasteiger partial charge in [0, 0.05) is 23.2 Å². The summed E-state index contributed by atoms with van der Waals surface area (Å²) in [6.45, 7) is 3.91.